The third kappa shape index (κ3) is 1.95. The Bertz CT molecular complexity index is 890. The van der Waals surface area contributed by atoms with Gasteiger partial charge in [0.05, 0.1) is 0 Å². The van der Waals surface area contributed by atoms with Crippen LogP contribution in [0.1, 0.15) is 0 Å². The van der Waals surface area contributed by atoms with Gasteiger partial charge in [0.2, 0.25) is 5.60 Å². The number of rotatable bonds is 6. The van der Waals surface area contributed by atoms with Crippen LogP contribution in [-0.4, -0.2) is 72.5 Å². The Labute approximate surface area is 174 Å². The molecule has 2 fully saturated rings. The number of ether oxygens (including phenoxy) is 1. The van der Waals surface area contributed by atoms with Crippen molar-refractivity contribution in [1.29, 1.82) is 0 Å². The van der Waals surface area contributed by atoms with Gasteiger partial charge in [0.15, 0.2) is 6.86 Å². The van der Waals surface area contributed by atoms with E-state index in [1.165, 1.54) is 0 Å². The van der Waals surface area contributed by atoms with E-state index in [2.05, 4.69) is 4.74 Å². The van der Waals surface area contributed by atoms with Crippen molar-refractivity contribution in [3.63, 3.8) is 0 Å². The van der Waals surface area contributed by atoms with Crippen molar-refractivity contribution < 1.29 is 89.4 Å². The van der Waals surface area contributed by atoms with Gasteiger partial charge in [0, 0.05) is 0 Å². The number of carbonyl (C=O) groups excluding carboxylic acids is 3. The quantitative estimate of drug-likeness (QED) is 0.378. The molecule has 0 N–H and O–H groups in total. The number of hydrogen-bond acceptors (Lipinski definition) is 4. The van der Waals surface area contributed by atoms with E-state index in [-0.39, 0.29) is 0 Å². The van der Waals surface area contributed by atoms with E-state index in [1.54, 1.807) is 0 Å². The number of carbonyl (C=O) groups is 3. The average molecular weight is 540 g/mol. The smallest absolute Gasteiger partial charge is 0.328 e. The van der Waals surface area contributed by atoms with Crippen molar-refractivity contribution in [2.24, 2.45) is 10.8 Å². The fourth-order valence-corrected chi connectivity index (χ4v) is 4.45. The van der Waals surface area contributed by atoms with Gasteiger partial charge in [-0.05, 0) is 0 Å². The normalized spacial score (nSPS) is 40.9. The Morgan fingerprint density at radius 2 is 0.853 bits per heavy atom. The molecule has 196 valence electrons. The van der Waals surface area contributed by atoms with Crippen LogP contribution in [0, 0.1) is 10.8 Å². The molecule has 0 amide bonds. The summed E-state index contributed by atoms with van der Waals surface area (Å²) >= 11 is 0. The van der Waals surface area contributed by atoms with Crippen LogP contribution in [0.5, 0.6) is 0 Å². The third-order valence-electron chi connectivity index (χ3n) is 6.06. The van der Waals surface area contributed by atoms with Crippen LogP contribution in [0.2, 0.25) is 0 Å². The van der Waals surface area contributed by atoms with E-state index < -0.39 is 83.4 Å². The number of halogens is 16. The van der Waals surface area contributed by atoms with Crippen LogP contribution in [0.3, 0.4) is 0 Å². The molecule has 0 aliphatic heterocycles. The molecule has 2 rings (SSSR count). The standard InChI is InChI=1S/C14H4F16O4/c15-1-6(34-2-16)10(21,22)7(3(17)31)12(25,26)8(4(18)32,11(6,23)24)14(29,30)9(20,5(19)33)13(7,27)28/h1-2H2. The number of hydrogen-bond donors (Lipinski definition) is 0. The molecule has 2 saturated carbocycles. The van der Waals surface area contributed by atoms with Gasteiger partial charge in [0.25, 0.3) is 10.8 Å². The second kappa shape index (κ2) is 6.74. The highest BCUT2D eigenvalue weighted by molar-refractivity contribution is 5.95. The highest BCUT2D eigenvalue weighted by atomic mass is 19.3. The maximum atomic E-state index is 15.0. The van der Waals surface area contributed by atoms with Gasteiger partial charge in [-0.3, -0.25) is 14.4 Å². The minimum Gasteiger partial charge on any atom is -0.328 e. The molecule has 2 bridgehead atoms. The van der Waals surface area contributed by atoms with Crippen LogP contribution in [0.15, 0.2) is 0 Å². The van der Waals surface area contributed by atoms with Gasteiger partial charge in [-0.15, -0.1) is 0 Å². The lowest BCUT2D eigenvalue weighted by Crippen LogP contribution is -2.99. The van der Waals surface area contributed by atoms with Crippen LogP contribution < -0.4 is 0 Å². The minimum absolute atomic E-state index is 2.77. The Kier molecular flexibility index (Phi) is 5.57. The Hall–Kier alpha value is -2.15. The van der Waals surface area contributed by atoms with E-state index in [0.717, 1.165) is 0 Å². The second-order valence-electron chi connectivity index (χ2n) is 7.07. The molecule has 0 spiro atoms. The van der Waals surface area contributed by atoms with Crippen molar-refractivity contribution >= 4 is 18.1 Å². The van der Waals surface area contributed by atoms with Crippen molar-refractivity contribution in [2.75, 3.05) is 13.5 Å². The predicted molar refractivity (Wildman–Crippen MR) is 67.6 cm³/mol. The van der Waals surface area contributed by atoms with Crippen LogP contribution in [0.25, 0.3) is 0 Å². The van der Waals surface area contributed by atoms with Crippen LogP contribution in [0.4, 0.5) is 70.2 Å². The lowest BCUT2D eigenvalue weighted by molar-refractivity contribution is -0.531. The van der Waals surface area contributed by atoms with Crippen LogP contribution in [-0.2, 0) is 19.1 Å². The summed E-state index contributed by atoms with van der Waals surface area (Å²) in [5.74, 6) is -40.4. The fourth-order valence-electron chi connectivity index (χ4n) is 4.45. The molecule has 0 radical (unpaired) electrons. The largest absolute Gasteiger partial charge is 0.351 e. The van der Waals surface area contributed by atoms with Crippen molar-refractivity contribution in [2.45, 2.75) is 40.9 Å². The number of alkyl halides is 13. The van der Waals surface area contributed by atoms with Crippen LogP contribution >= 0.6 is 0 Å². The first-order valence-electron chi connectivity index (χ1n) is 7.89. The van der Waals surface area contributed by atoms with Crippen molar-refractivity contribution in [3.8, 4) is 0 Å². The molecule has 4 nitrogen and oxygen atoms in total. The van der Waals surface area contributed by atoms with E-state index in [0.29, 0.717) is 0 Å². The monoisotopic (exact) mass is 540 g/mol. The summed E-state index contributed by atoms with van der Waals surface area (Å²) in [5.41, 5.74) is -30.5. The summed E-state index contributed by atoms with van der Waals surface area (Å²) in [6, 6.07) is -15.6. The van der Waals surface area contributed by atoms with Gasteiger partial charge in [0.1, 0.15) is 6.67 Å². The lowest BCUT2D eigenvalue weighted by atomic mass is 9.39. The topological polar surface area (TPSA) is 60.4 Å². The average Bonchev–Trinajstić information content (AvgIpc) is 2.61. The maximum Gasteiger partial charge on any atom is 0.351 e. The van der Waals surface area contributed by atoms with Gasteiger partial charge in [-0.25, -0.2) is 57.1 Å². The zero-order chi connectivity index (χ0) is 27.4. The molecule has 0 saturated heterocycles. The Morgan fingerprint density at radius 3 is 1.06 bits per heavy atom. The molecule has 0 aromatic heterocycles. The molecule has 2 aliphatic rings. The van der Waals surface area contributed by atoms with E-state index in [1.807, 2.05) is 0 Å². The Balaban J connectivity index is 3.56. The molecule has 0 aromatic rings. The van der Waals surface area contributed by atoms with Crippen molar-refractivity contribution in [1.82, 2.24) is 0 Å². The molecule has 2 aliphatic carbocycles. The van der Waals surface area contributed by atoms with E-state index in [4.69, 9.17) is 0 Å². The summed E-state index contributed by atoms with van der Waals surface area (Å²) in [6.07, 6.45) is 0. The first-order chi connectivity index (χ1) is 15.0. The summed E-state index contributed by atoms with van der Waals surface area (Å²) in [7, 11) is 0. The van der Waals surface area contributed by atoms with Gasteiger partial charge in [-0.2, -0.15) is 13.2 Å². The summed E-state index contributed by atoms with van der Waals surface area (Å²) in [6.45, 7) is -7.50. The van der Waals surface area contributed by atoms with Crippen molar-refractivity contribution in [3.05, 3.63) is 0 Å². The maximum absolute atomic E-state index is 15.0. The highest BCUT2D eigenvalue weighted by Gasteiger charge is 3.15. The number of fused-ring (bicyclic) bond motifs is 2. The van der Waals surface area contributed by atoms with Gasteiger partial charge in [-0.1, -0.05) is 0 Å². The highest BCUT2D eigenvalue weighted by Crippen LogP contribution is 2.85. The van der Waals surface area contributed by atoms with E-state index >= 15 is 0 Å². The third-order valence-corrected chi connectivity index (χ3v) is 6.06. The molecule has 0 heterocycles. The second-order valence-corrected chi connectivity index (χ2v) is 7.07. The SMILES string of the molecule is O=C(F)C1(F)C(F)(F)C2(C(=O)F)C(F)(F)C(CF)(OCF)C(F)(F)C(C(=O)F)(C1(F)F)C2(F)F. The molecular weight excluding hydrogens is 536 g/mol. The molecule has 2 atom stereocenters. The summed E-state index contributed by atoms with van der Waals surface area (Å²) in [5, 5.41) is 0. The fraction of sp³-hybridized carbons (Fsp3) is 0.786. The Morgan fingerprint density at radius 1 is 0.529 bits per heavy atom. The lowest BCUT2D eigenvalue weighted by Gasteiger charge is -2.68. The first kappa shape index (κ1) is 28.1. The molecule has 34 heavy (non-hydrogen) atoms. The first-order valence-corrected chi connectivity index (χ1v) is 7.89. The molecular formula is C14H4F16O4. The molecule has 20 heteroatoms. The zero-order valence-corrected chi connectivity index (χ0v) is 15.1. The molecule has 0 aromatic carbocycles. The minimum atomic E-state index is -8.23. The van der Waals surface area contributed by atoms with Gasteiger partial charge >= 0.3 is 53.4 Å². The zero-order valence-electron chi connectivity index (χ0n) is 15.1. The van der Waals surface area contributed by atoms with E-state index in [9.17, 15) is 84.6 Å². The summed E-state index contributed by atoms with van der Waals surface area (Å²) < 4.78 is 233. The summed E-state index contributed by atoms with van der Waals surface area (Å²) in [4.78, 5) is 33.1. The van der Waals surface area contributed by atoms with Gasteiger partial charge < -0.3 is 4.74 Å². The molecule has 2 unspecified atom stereocenters. The predicted octanol–water partition coefficient (Wildman–Crippen LogP) is 4.01.